The Labute approximate surface area is 134 Å². The van der Waals surface area contributed by atoms with Gasteiger partial charge in [0.1, 0.15) is 0 Å². The molecule has 1 saturated heterocycles. The van der Waals surface area contributed by atoms with Crippen molar-refractivity contribution in [2.75, 3.05) is 18.0 Å². The van der Waals surface area contributed by atoms with Gasteiger partial charge < -0.3 is 14.6 Å². The molecule has 1 aliphatic heterocycles. The number of hydrogen-bond acceptors (Lipinski definition) is 4. The minimum atomic E-state index is -0.754. The number of piperidine rings is 1. The summed E-state index contributed by atoms with van der Waals surface area (Å²) in [6.45, 7) is 5.06. The number of carboxylic acids is 1. The molecule has 2 heterocycles. The first-order chi connectivity index (χ1) is 11.0. The zero-order chi connectivity index (χ0) is 16.6. The number of para-hydroxylation sites is 2. The topological polar surface area (TPSA) is 75.4 Å². The van der Waals surface area contributed by atoms with Gasteiger partial charge in [-0.3, -0.25) is 9.59 Å². The number of fused-ring (bicyclic) bond motifs is 1. The largest absolute Gasteiger partial charge is 0.481 e. The fraction of sp³-hybridized carbons (Fsp3) is 0.471. The van der Waals surface area contributed by atoms with E-state index >= 15 is 0 Å². The third-order valence-corrected chi connectivity index (χ3v) is 4.44. The second kappa shape index (κ2) is 6.02. The van der Waals surface area contributed by atoms with Gasteiger partial charge >= 0.3 is 5.97 Å². The molecule has 2 aromatic rings. The van der Waals surface area contributed by atoms with E-state index in [1.807, 2.05) is 43.0 Å². The van der Waals surface area contributed by atoms with Crippen molar-refractivity contribution in [3.05, 3.63) is 34.6 Å². The number of aliphatic carboxylic acids is 1. The first kappa shape index (κ1) is 15.5. The fourth-order valence-electron chi connectivity index (χ4n) is 3.20. The van der Waals surface area contributed by atoms with Crippen molar-refractivity contribution in [2.24, 2.45) is 5.92 Å². The third-order valence-electron chi connectivity index (χ3n) is 4.44. The van der Waals surface area contributed by atoms with Crippen LogP contribution in [0.4, 0.5) is 5.82 Å². The molecule has 1 aromatic heterocycles. The van der Waals surface area contributed by atoms with Gasteiger partial charge in [-0.05, 0) is 38.8 Å². The quantitative estimate of drug-likeness (QED) is 0.940. The molecule has 1 aliphatic rings. The van der Waals surface area contributed by atoms with Crippen LogP contribution in [0.1, 0.15) is 32.7 Å². The third kappa shape index (κ3) is 2.81. The number of benzene rings is 1. The summed E-state index contributed by atoms with van der Waals surface area (Å²) in [5.41, 5.74) is 1.51. The Kier molecular flexibility index (Phi) is 4.07. The molecule has 0 bridgehead atoms. The van der Waals surface area contributed by atoms with E-state index in [1.165, 1.54) is 0 Å². The maximum Gasteiger partial charge on any atom is 0.306 e. The molecule has 6 heteroatoms. The number of rotatable bonds is 3. The number of carboxylic acid groups (broad SMARTS) is 1. The number of anilines is 1. The Morgan fingerprint density at radius 2 is 1.91 bits per heavy atom. The molecule has 3 rings (SSSR count). The second-order valence-electron chi connectivity index (χ2n) is 6.29. The zero-order valence-electron chi connectivity index (χ0n) is 13.4. The van der Waals surface area contributed by atoms with Crippen LogP contribution in [0.25, 0.3) is 11.0 Å². The number of carbonyl (C=O) groups is 1. The lowest BCUT2D eigenvalue weighted by atomic mass is 9.97. The number of hydrogen-bond donors (Lipinski definition) is 1. The van der Waals surface area contributed by atoms with Crippen molar-refractivity contribution >= 4 is 22.8 Å². The lowest BCUT2D eigenvalue weighted by molar-refractivity contribution is -0.142. The molecule has 0 unspecified atom stereocenters. The summed E-state index contributed by atoms with van der Waals surface area (Å²) in [5.74, 6) is -0.643. The highest BCUT2D eigenvalue weighted by Crippen LogP contribution is 2.23. The van der Waals surface area contributed by atoms with Crippen LogP contribution in [0.3, 0.4) is 0 Å². The van der Waals surface area contributed by atoms with E-state index in [1.54, 1.807) is 4.57 Å². The summed E-state index contributed by atoms with van der Waals surface area (Å²) in [4.78, 5) is 30.4. The standard InChI is InChI=1S/C17H21N3O3/c1-11(2)20-14-6-4-3-5-13(14)18-15(16(20)21)19-9-7-12(8-10-19)17(22)23/h3-6,11-12H,7-10H2,1-2H3,(H,22,23). The monoisotopic (exact) mass is 315 g/mol. The Morgan fingerprint density at radius 1 is 1.26 bits per heavy atom. The summed E-state index contributed by atoms with van der Waals surface area (Å²) in [7, 11) is 0. The van der Waals surface area contributed by atoms with Gasteiger partial charge in [0.05, 0.1) is 17.0 Å². The Balaban J connectivity index is 2.04. The molecular weight excluding hydrogens is 294 g/mol. The van der Waals surface area contributed by atoms with Gasteiger partial charge in [-0.25, -0.2) is 4.98 Å². The van der Waals surface area contributed by atoms with Gasteiger partial charge in [-0.1, -0.05) is 12.1 Å². The lowest BCUT2D eigenvalue weighted by Crippen LogP contribution is -2.41. The molecule has 0 atom stereocenters. The van der Waals surface area contributed by atoms with Crippen molar-refractivity contribution in [3.63, 3.8) is 0 Å². The van der Waals surface area contributed by atoms with E-state index < -0.39 is 5.97 Å². The van der Waals surface area contributed by atoms with Crippen molar-refractivity contribution in [1.29, 1.82) is 0 Å². The van der Waals surface area contributed by atoms with Crippen LogP contribution in [0, 0.1) is 5.92 Å². The molecular formula is C17H21N3O3. The fourth-order valence-corrected chi connectivity index (χ4v) is 3.20. The van der Waals surface area contributed by atoms with Gasteiger partial charge in [0, 0.05) is 19.1 Å². The van der Waals surface area contributed by atoms with E-state index in [2.05, 4.69) is 4.98 Å². The van der Waals surface area contributed by atoms with Crippen LogP contribution in [-0.2, 0) is 4.79 Å². The van der Waals surface area contributed by atoms with Crippen LogP contribution in [0.15, 0.2) is 29.1 Å². The minimum Gasteiger partial charge on any atom is -0.481 e. The molecule has 6 nitrogen and oxygen atoms in total. The Bertz CT molecular complexity index is 789. The van der Waals surface area contributed by atoms with Crippen LogP contribution in [0.5, 0.6) is 0 Å². The maximum atomic E-state index is 12.9. The SMILES string of the molecule is CC(C)n1c(=O)c(N2CCC(C(=O)O)CC2)nc2ccccc21. The molecule has 122 valence electrons. The van der Waals surface area contributed by atoms with Gasteiger partial charge in [0.2, 0.25) is 0 Å². The smallest absolute Gasteiger partial charge is 0.306 e. The average molecular weight is 315 g/mol. The van der Waals surface area contributed by atoms with Gasteiger partial charge in [-0.2, -0.15) is 0 Å². The summed E-state index contributed by atoms with van der Waals surface area (Å²) in [6.07, 6.45) is 1.09. The molecule has 1 N–H and O–H groups in total. The first-order valence-corrected chi connectivity index (χ1v) is 7.98. The predicted octanol–water partition coefficient (Wildman–Crippen LogP) is 2.28. The van der Waals surface area contributed by atoms with Crippen LogP contribution in [0.2, 0.25) is 0 Å². The van der Waals surface area contributed by atoms with E-state index in [0.717, 1.165) is 11.0 Å². The Hall–Kier alpha value is -2.37. The molecule has 0 radical (unpaired) electrons. The Morgan fingerprint density at radius 3 is 2.52 bits per heavy atom. The molecule has 0 aliphatic carbocycles. The number of nitrogens with zero attached hydrogens (tertiary/aromatic N) is 3. The van der Waals surface area contributed by atoms with Gasteiger partial charge in [0.15, 0.2) is 5.82 Å². The number of aromatic nitrogens is 2. The molecule has 0 spiro atoms. The molecule has 0 saturated carbocycles. The highest BCUT2D eigenvalue weighted by atomic mass is 16.4. The van der Waals surface area contributed by atoms with Crippen molar-refractivity contribution < 1.29 is 9.90 Å². The van der Waals surface area contributed by atoms with E-state index in [9.17, 15) is 9.59 Å². The summed E-state index contributed by atoms with van der Waals surface area (Å²) >= 11 is 0. The highest BCUT2D eigenvalue weighted by Gasteiger charge is 2.27. The maximum absolute atomic E-state index is 12.9. The normalized spacial score (nSPS) is 16.2. The lowest BCUT2D eigenvalue weighted by Gasteiger charge is -2.31. The van der Waals surface area contributed by atoms with E-state index in [0.29, 0.717) is 31.7 Å². The minimum absolute atomic E-state index is 0.0331. The highest BCUT2D eigenvalue weighted by molar-refractivity contribution is 5.76. The van der Waals surface area contributed by atoms with Gasteiger partial charge in [-0.15, -0.1) is 0 Å². The average Bonchev–Trinajstić information content (AvgIpc) is 2.54. The van der Waals surface area contributed by atoms with Crippen molar-refractivity contribution in [1.82, 2.24) is 9.55 Å². The molecule has 1 fully saturated rings. The summed E-state index contributed by atoms with van der Waals surface area (Å²) in [6, 6.07) is 7.65. The molecule has 0 amide bonds. The summed E-state index contributed by atoms with van der Waals surface area (Å²) in [5, 5.41) is 9.11. The van der Waals surface area contributed by atoms with Gasteiger partial charge in [0.25, 0.3) is 5.56 Å². The second-order valence-corrected chi connectivity index (χ2v) is 6.29. The summed E-state index contributed by atoms with van der Waals surface area (Å²) < 4.78 is 1.76. The van der Waals surface area contributed by atoms with Crippen molar-refractivity contribution in [2.45, 2.75) is 32.7 Å². The molecule has 23 heavy (non-hydrogen) atoms. The van der Waals surface area contributed by atoms with Crippen molar-refractivity contribution in [3.8, 4) is 0 Å². The van der Waals surface area contributed by atoms with E-state index in [-0.39, 0.29) is 17.5 Å². The van der Waals surface area contributed by atoms with Crippen LogP contribution < -0.4 is 10.5 Å². The first-order valence-electron chi connectivity index (χ1n) is 7.98. The zero-order valence-corrected chi connectivity index (χ0v) is 13.4. The molecule has 1 aromatic carbocycles. The van der Waals surface area contributed by atoms with E-state index in [4.69, 9.17) is 5.11 Å². The van der Waals surface area contributed by atoms with Crippen LogP contribution >= 0.6 is 0 Å². The van der Waals surface area contributed by atoms with Crippen LogP contribution in [-0.4, -0.2) is 33.7 Å². The predicted molar refractivity (Wildman–Crippen MR) is 89.0 cm³/mol.